The minimum atomic E-state index is 0. The van der Waals surface area contributed by atoms with Crippen LogP contribution in [0.15, 0.2) is 47.7 Å². The van der Waals surface area contributed by atoms with Gasteiger partial charge in [-0.15, -0.1) is 24.0 Å². The van der Waals surface area contributed by atoms with Crippen molar-refractivity contribution in [2.45, 2.75) is 45.0 Å². The zero-order valence-electron chi connectivity index (χ0n) is 16.9. The molecular formula is C21H32IN5S. The van der Waals surface area contributed by atoms with Crippen molar-refractivity contribution >= 4 is 41.7 Å². The fourth-order valence-corrected chi connectivity index (χ4v) is 4.50. The quantitative estimate of drug-likeness (QED) is 0.345. The average Bonchev–Trinajstić information content (AvgIpc) is 3.17. The van der Waals surface area contributed by atoms with Crippen molar-refractivity contribution in [2.24, 2.45) is 4.99 Å². The molecule has 1 aliphatic heterocycles. The molecule has 0 saturated carbocycles. The van der Waals surface area contributed by atoms with E-state index in [1.807, 2.05) is 6.20 Å². The predicted molar refractivity (Wildman–Crippen MR) is 131 cm³/mol. The summed E-state index contributed by atoms with van der Waals surface area (Å²) in [6, 6.07) is 10.6. The zero-order chi connectivity index (χ0) is 18.9. The fraction of sp³-hybridized carbons (Fsp3) is 0.524. The summed E-state index contributed by atoms with van der Waals surface area (Å²) in [6.07, 6.45) is 6.17. The van der Waals surface area contributed by atoms with Crippen LogP contribution in [0.1, 0.15) is 31.7 Å². The van der Waals surface area contributed by atoms with Gasteiger partial charge >= 0.3 is 0 Å². The Morgan fingerprint density at radius 3 is 2.86 bits per heavy atom. The molecule has 154 valence electrons. The number of guanidine groups is 1. The van der Waals surface area contributed by atoms with Gasteiger partial charge in [0.1, 0.15) is 12.4 Å². The number of nitrogens with zero attached hydrogens (tertiary/aromatic N) is 4. The van der Waals surface area contributed by atoms with Gasteiger partial charge in [0.15, 0.2) is 5.96 Å². The molecule has 0 bridgehead atoms. The molecule has 1 aromatic heterocycles. The van der Waals surface area contributed by atoms with Gasteiger partial charge in [-0.1, -0.05) is 37.3 Å². The largest absolute Gasteiger partial charge is 0.357 e. The van der Waals surface area contributed by atoms with Crippen LogP contribution in [0, 0.1) is 0 Å². The number of rotatable bonds is 7. The van der Waals surface area contributed by atoms with Crippen LogP contribution in [-0.4, -0.2) is 51.0 Å². The third-order valence-electron chi connectivity index (χ3n) is 4.88. The summed E-state index contributed by atoms with van der Waals surface area (Å²) in [5.41, 5.74) is 1.35. The van der Waals surface area contributed by atoms with Crippen molar-refractivity contribution in [2.75, 3.05) is 25.4 Å². The summed E-state index contributed by atoms with van der Waals surface area (Å²) in [5.74, 6) is 3.22. The minimum Gasteiger partial charge on any atom is -0.357 e. The van der Waals surface area contributed by atoms with Gasteiger partial charge < -0.3 is 14.8 Å². The molecule has 28 heavy (non-hydrogen) atoms. The maximum absolute atomic E-state index is 4.90. The van der Waals surface area contributed by atoms with E-state index in [4.69, 9.17) is 4.99 Å². The molecule has 1 aliphatic rings. The van der Waals surface area contributed by atoms with Crippen molar-refractivity contribution in [3.8, 4) is 0 Å². The Balaban J connectivity index is 0.00000280. The molecule has 0 amide bonds. The Hall–Kier alpha value is -1.22. The number of halogens is 1. The zero-order valence-corrected chi connectivity index (χ0v) is 20.0. The summed E-state index contributed by atoms with van der Waals surface area (Å²) in [4.78, 5) is 11.9. The number of hydrogen-bond donors (Lipinski definition) is 1. The van der Waals surface area contributed by atoms with Gasteiger partial charge in [-0.2, -0.15) is 11.8 Å². The Labute approximate surface area is 190 Å². The molecule has 1 atom stereocenters. The Morgan fingerprint density at radius 1 is 1.29 bits per heavy atom. The monoisotopic (exact) mass is 513 g/mol. The van der Waals surface area contributed by atoms with Crippen LogP contribution in [0.5, 0.6) is 0 Å². The highest BCUT2D eigenvalue weighted by Gasteiger charge is 2.21. The molecule has 1 aromatic carbocycles. The van der Waals surface area contributed by atoms with Gasteiger partial charge in [-0.3, -0.25) is 0 Å². The number of thioether (sulfide) groups is 1. The molecular weight excluding hydrogens is 481 g/mol. The van der Waals surface area contributed by atoms with Crippen molar-refractivity contribution in [1.82, 2.24) is 19.8 Å². The molecule has 1 fully saturated rings. The van der Waals surface area contributed by atoms with Gasteiger partial charge in [0.2, 0.25) is 0 Å². The van der Waals surface area contributed by atoms with E-state index < -0.39 is 0 Å². The van der Waals surface area contributed by atoms with Crippen LogP contribution in [-0.2, 0) is 19.5 Å². The first kappa shape index (κ1) is 23.1. The maximum atomic E-state index is 4.90. The number of aliphatic imine (C=N–C) groups is 1. The molecule has 2 heterocycles. The molecule has 0 radical (unpaired) electrons. The van der Waals surface area contributed by atoms with Crippen LogP contribution in [0.4, 0.5) is 0 Å². The highest BCUT2D eigenvalue weighted by molar-refractivity contribution is 14.0. The lowest BCUT2D eigenvalue weighted by atomic mass is 10.1. The molecule has 0 aliphatic carbocycles. The first-order valence-electron chi connectivity index (χ1n) is 9.99. The van der Waals surface area contributed by atoms with Crippen LogP contribution >= 0.6 is 35.7 Å². The Bertz CT molecular complexity index is 719. The van der Waals surface area contributed by atoms with Crippen molar-refractivity contribution in [3.63, 3.8) is 0 Å². The maximum Gasteiger partial charge on any atom is 0.194 e. The third-order valence-corrected chi connectivity index (χ3v) is 6.26. The first-order chi connectivity index (χ1) is 13.3. The lowest BCUT2D eigenvalue weighted by Crippen LogP contribution is -2.48. The second-order valence-corrected chi connectivity index (χ2v) is 8.20. The van der Waals surface area contributed by atoms with E-state index in [1.54, 1.807) is 0 Å². The summed E-state index contributed by atoms with van der Waals surface area (Å²) >= 11 is 2.08. The molecule has 1 N–H and O–H groups in total. The first-order valence-corrected chi connectivity index (χ1v) is 11.0. The smallest absolute Gasteiger partial charge is 0.194 e. The van der Waals surface area contributed by atoms with Gasteiger partial charge in [-0.05, 0) is 25.3 Å². The molecule has 1 unspecified atom stereocenters. The number of nitrogens with one attached hydrogen (secondary N) is 1. The molecule has 2 aromatic rings. The van der Waals surface area contributed by atoms with Crippen LogP contribution in [0.25, 0.3) is 0 Å². The van der Waals surface area contributed by atoms with Crippen molar-refractivity contribution < 1.29 is 0 Å². The van der Waals surface area contributed by atoms with Gasteiger partial charge in [0.25, 0.3) is 0 Å². The summed E-state index contributed by atoms with van der Waals surface area (Å²) < 4.78 is 2.22. The molecule has 5 nitrogen and oxygen atoms in total. The van der Waals surface area contributed by atoms with Gasteiger partial charge in [-0.25, -0.2) is 9.98 Å². The number of imidazole rings is 1. The SMILES string of the molecule is CCNC(=NCc1nccn1CCc1ccccc1)N1CCSC(CC)C1.I. The Kier molecular flexibility index (Phi) is 10.2. The van der Waals surface area contributed by atoms with Crippen molar-refractivity contribution in [1.29, 1.82) is 0 Å². The van der Waals surface area contributed by atoms with Crippen molar-refractivity contribution in [3.05, 3.63) is 54.1 Å². The van der Waals surface area contributed by atoms with Gasteiger partial charge in [0, 0.05) is 49.6 Å². The van der Waals surface area contributed by atoms with Crippen LogP contribution in [0.2, 0.25) is 0 Å². The molecule has 0 spiro atoms. The number of aromatic nitrogens is 2. The van der Waals surface area contributed by atoms with E-state index in [9.17, 15) is 0 Å². The standard InChI is InChI=1S/C21H31N5S.HI/c1-3-19-17-26(14-15-27-19)21(22-4-2)24-16-20-23-11-13-25(20)12-10-18-8-6-5-7-9-18;/h5-9,11,13,19H,3-4,10,12,14-17H2,1-2H3,(H,22,24);1H. The lowest BCUT2D eigenvalue weighted by molar-refractivity contribution is 0.407. The van der Waals surface area contributed by atoms with Crippen LogP contribution < -0.4 is 5.32 Å². The van der Waals surface area contributed by atoms with E-state index in [2.05, 4.69) is 81.9 Å². The number of hydrogen-bond acceptors (Lipinski definition) is 3. The molecule has 3 rings (SSSR count). The summed E-state index contributed by atoms with van der Waals surface area (Å²) in [5, 5.41) is 4.17. The van der Waals surface area contributed by atoms with E-state index in [-0.39, 0.29) is 24.0 Å². The van der Waals surface area contributed by atoms with Crippen LogP contribution in [0.3, 0.4) is 0 Å². The van der Waals surface area contributed by atoms with E-state index in [1.165, 1.54) is 17.7 Å². The summed E-state index contributed by atoms with van der Waals surface area (Å²) in [6.45, 7) is 8.99. The number of aryl methyl sites for hydroxylation is 2. The predicted octanol–water partition coefficient (Wildman–Crippen LogP) is 4.04. The number of benzene rings is 1. The highest BCUT2D eigenvalue weighted by atomic mass is 127. The second kappa shape index (κ2) is 12.4. The van der Waals surface area contributed by atoms with E-state index in [0.29, 0.717) is 11.8 Å². The average molecular weight is 513 g/mol. The normalized spacial score (nSPS) is 17.3. The molecule has 7 heteroatoms. The topological polar surface area (TPSA) is 45.5 Å². The minimum absolute atomic E-state index is 0. The third kappa shape index (κ3) is 6.69. The Morgan fingerprint density at radius 2 is 2.11 bits per heavy atom. The van der Waals surface area contributed by atoms with E-state index >= 15 is 0 Å². The fourth-order valence-electron chi connectivity index (χ4n) is 3.32. The second-order valence-electron chi connectivity index (χ2n) is 6.79. The van der Waals surface area contributed by atoms with E-state index in [0.717, 1.165) is 44.4 Å². The highest BCUT2D eigenvalue weighted by Crippen LogP contribution is 2.21. The lowest BCUT2D eigenvalue weighted by Gasteiger charge is -2.34. The van der Waals surface area contributed by atoms with Gasteiger partial charge in [0.05, 0.1) is 0 Å². The summed E-state index contributed by atoms with van der Waals surface area (Å²) in [7, 11) is 0. The molecule has 1 saturated heterocycles.